The lowest BCUT2D eigenvalue weighted by atomic mass is 10.1. The molecule has 1 aliphatic rings. The summed E-state index contributed by atoms with van der Waals surface area (Å²) in [6.07, 6.45) is 0. The third-order valence-electron chi connectivity index (χ3n) is 4.84. The van der Waals surface area contributed by atoms with Crippen molar-refractivity contribution in [3.8, 4) is 0 Å². The van der Waals surface area contributed by atoms with E-state index in [9.17, 15) is 18.8 Å². The number of imide groups is 1. The van der Waals surface area contributed by atoms with Crippen LogP contribution in [0, 0.1) is 12.7 Å². The number of carbonyl (C=O) groups excluding carboxylic acids is 3. The van der Waals surface area contributed by atoms with Crippen molar-refractivity contribution < 1.29 is 18.8 Å². The number of hydrogen-bond acceptors (Lipinski definition) is 3. The average Bonchev–Trinajstić information content (AvgIpc) is 2.95. The summed E-state index contributed by atoms with van der Waals surface area (Å²) in [4.78, 5) is 38.8. The highest BCUT2D eigenvalue weighted by Crippen LogP contribution is 2.24. The molecule has 1 N–H and O–H groups in total. The first kappa shape index (κ1) is 18.6. The number of fused-ring (bicyclic) bond motifs is 1. The average molecular weight is 388 g/mol. The molecule has 5 nitrogen and oxygen atoms in total. The first-order chi connectivity index (χ1) is 13.9. The van der Waals surface area contributed by atoms with Gasteiger partial charge in [-0.25, -0.2) is 4.39 Å². The van der Waals surface area contributed by atoms with E-state index >= 15 is 0 Å². The number of hydrogen-bond donors (Lipinski definition) is 1. The molecule has 0 fully saturated rings. The van der Waals surface area contributed by atoms with Crippen LogP contribution in [-0.4, -0.2) is 22.6 Å². The van der Waals surface area contributed by atoms with E-state index in [1.165, 1.54) is 23.1 Å². The molecule has 6 heteroatoms. The van der Waals surface area contributed by atoms with Crippen molar-refractivity contribution in [2.24, 2.45) is 0 Å². The molecule has 3 amide bonds. The largest absolute Gasteiger partial charge is 0.322 e. The van der Waals surface area contributed by atoms with Crippen LogP contribution in [0.4, 0.5) is 10.1 Å². The maximum atomic E-state index is 13.2. The normalized spacial score (nSPS) is 12.8. The number of aryl methyl sites for hydroxylation is 1. The van der Waals surface area contributed by atoms with E-state index in [1.807, 2.05) is 0 Å². The lowest BCUT2D eigenvalue weighted by molar-refractivity contribution is 0.0642. The Morgan fingerprint density at radius 1 is 0.931 bits per heavy atom. The molecular formula is C23H17FN2O3. The molecule has 0 saturated carbocycles. The Balaban J connectivity index is 1.53. The van der Waals surface area contributed by atoms with E-state index in [0.717, 1.165) is 0 Å². The Morgan fingerprint density at radius 3 is 2.28 bits per heavy atom. The molecule has 0 saturated heterocycles. The fourth-order valence-corrected chi connectivity index (χ4v) is 3.34. The van der Waals surface area contributed by atoms with Crippen LogP contribution in [0.1, 0.15) is 42.2 Å². The molecule has 1 aliphatic heterocycles. The Morgan fingerprint density at radius 2 is 1.62 bits per heavy atom. The van der Waals surface area contributed by atoms with Crippen molar-refractivity contribution >= 4 is 23.4 Å². The van der Waals surface area contributed by atoms with E-state index in [1.54, 1.807) is 55.5 Å². The van der Waals surface area contributed by atoms with Gasteiger partial charge in [-0.3, -0.25) is 19.3 Å². The van der Waals surface area contributed by atoms with E-state index in [-0.39, 0.29) is 30.1 Å². The van der Waals surface area contributed by atoms with Crippen molar-refractivity contribution in [2.45, 2.75) is 13.5 Å². The summed E-state index contributed by atoms with van der Waals surface area (Å²) in [7, 11) is 0. The zero-order chi connectivity index (χ0) is 20.5. The van der Waals surface area contributed by atoms with Gasteiger partial charge in [-0.05, 0) is 60.5 Å². The Kier molecular flexibility index (Phi) is 4.68. The monoisotopic (exact) mass is 388 g/mol. The molecule has 0 atom stereocenters. The van der Waals surface area contributed by atoms with Gasteiger partial charge in [-0.1, -0.05) is 24.3 Å². The molecule has 3 aromatic rings. The number of carbonyl (C=O) groups is 3. The van der Waals surface area contributed by atoms with Gasteiger partial charge in [0.2, 0.25) is 0 Å². The van der Waals surface area contributed by atoms with E-state index in [2.05, 4.69) is 5.32 Å². The molecule has 0 spiro atoms. The second-order valence-electron chi connectivity index (χ2n) is 6.86. The molecule has 0 aromatic heterocycles. The summed E-state index contributed by atoms with van der Waals surface area (Å²) in [5.74, 6) is -1.42. The van der Waals surface area contributed by atoms with Crippen LogP contribution in [0.2, 0.25) is 0 Å². The number of nitrogens with zero attached hydrogens (tertiary/aromatic N) is 1. The molecule has 1 heterocycles. The third kappa shape index (κ3) is 3.52. The second-order valence-corrected chi connectivity index (χ2v) is 6.86. The first-order valence-corrected chi connectivity index (χ1v) is 9.06. The second kappa shape index (κ2) is 7.31. The molecular weight excluding hydrogens is 371 g/mol. The molecule has 29 heavy (non-hydrogen) atoms. The van der Waals surface area contributed by atoms with Gasteiger partial charge in [-0.2, -0.15) is 0 Å². The van der Waals surface area contributed by atoms with Crippen molar-refractivity contribution in [1.82, 2.24) is 4.90 Å². The number of amides is 3. The topological polar surface area (TPSA) is 66.5 Å². The quantitative estimate of drug-likeness (QED) is 0.682. The Bertz CT molecular complexity index is 1120. The number of benzene rings is 3. The van der Waals surface area contributed by atoms with Crippen LogP contribution in [0.3, 0.4) is 0 Å². The van der Waals surface area contributed by atoms with E-state index in [4.69, 9.17) is 0 Å². The lowest BCUT2D eigenvalue weighted by Crippen LogP contribution is -2.29. The van der Waals surface area contributed by atoms with E-state index in [0.29, 0.717) is 33.5 Å². The number of anilines is 1. The minimum atomic E-state index is -0.372. The summed E-state index contributed by atoms with van der Waals surface area (Å²) < 4.78 is 13.2. The maximum Gasteiger partial charge on any atom is 0.261 e. The van der Waals surface area contributed by atoms with Gasteiger partial charge in [0, 0.05) is 11.3 Å². The Labute approximate surface area is 166 Å². The van der Waals surface area contributed by atoms with Crippen molar-refractivity contribution in [3.05, 3.63) is 100 Å². The molecule has 0 bridgehead atoms. The van der Waals surface area contributed by atoms with Gasteiger partial charge in [0.1, 0.15) is 5.82 Å². The standard InChI is InChI=1S/C23H17FN2O3/c1-14-11-17(24)9-10-20(14)25-21(27)16-6-4-5-15(12-16)13-26-22(28)18-7-2-3-8-19(18)23(26)29/h2-12H,13H2,1H3,(H,25,27). The molecule has 0 unspecified atom stereocenters. The predicted molar refractivity (Wildman–Crippen MR) is 106 cm³/mol. The smallest absolute Gasteiger partial charge is 0.261 e. The van der Waals surface area contributed by atoms with Crippen LogP contribution >= 0.6 is 0 Å². The molecule has 4 rings (SSSR count). The van der Waals surface area contributed by atoms with Gasteiger partial charge < -0.3 is 5.32 Å². The number of halogens is 1. The SMILES string of the molecule is Cc1cc(F)ccc1NC(=O)c1cccc(CN2C(=O)c3ccccc3C2=O)c1. The molecule has 0 aliphatic carbocycles. The van der Waals surface area contributed by atoms with Gasteiger partial charge in [-0.15, -0.1) is 0 Å². The molecule has 144 valence electrons. The molecule has 3 aromatic carbocycles. The highest BCUT2D eigenvalue weighted by Gasteiger charge is 2.34. The van der Waals surface area contributed by atoms with E-state index < -0.39 is 0 Å². The zero-order valence-corrected chi connectivity index (χ0v) is 15.6. The summed E-state index contributed by atoms with van der Waals surface area (Å²) in [6.45, 7) is 1.78. The van der Waals surface area contributed by atoms with Crippen LogP contribution in [0.15, 0.2) is 66.7 Å². The van der Waals surface area contributed by atoms with Crippen molar-refractivity contribution in [3.63, 3.8) is 0 Å². The minimum absolute atomic E-state index is 0.0725. The number of rotatable bonds is 4. The zero-order valence-electron chi connectivity index (χ0n) is 15.6. The van der Waals surface area contributed by atoms with Gasteiger partial charge in [0.05, 0.1) is 17.7 Å². The van der Waals surface area contributed by atoms with Gasteiger partial charge in [0.15, 0.2) is 0 Å². The summed E-state index contributed by atoms with van der Waals surface area (Å²) in [5, 5.41) is 2.75. The highest BCUT2D eigenvalue weighted by molar-refractivity contribution is 6.21. The third-order valence-corrected chi connectivity index (χ3v) is 4.84. The van der Waals surface area contributed by atoms with Crippen LogP contribution in [0.25, 0.3) is 0 Å². The number of nitrogens with one attached hydrogen (secondary N) is 1. The predicted octanol–water partition coefficient (Wildman–Crippen LogP) is 4.18. The van der Waals surface area contributed by atoms with Crippen LogP contribution < -0.4 is 5.32 Å². The fourth-order valence-electron chi connectivity index (χ4n) is 3.34. The minimum Gasteiger partial charge on any atom is -0.322 e. The fraction of sp³-hybridized carbons (Fsp3) is 0.0870. The summed E-state index contributed by atoms with van der Waals surface area (Å²) in [6, 6.07) is 17.5. The molecule has 0 radical (unpaired) electrons. The Hall–Kier alpha value is -3.80. The first-order valence-electron chi connectivity index (χ1n) is 9.06. The lowest BCUT2D eigenvalue weighted by Gasteiger charge is -2.15. The van der Waals surface area contributed by atoms with Crippen LogP contribution in [0.5, 0.6) is 0 Å². The summed E-state index contributed by atoms with van der Waals surface area (Å²) >= 11 is 0. The van der Waals surface area contributed by atoms with Gasteiger partial charge in [0.25, 0.3) is 17.7 Å². The van der Waals surface area contributed by atoms with Crippen molar-refractivity contribution in [1.29, 1.82) is 0 Å². The van der Waals surface area contributed by atoms with Crippen LogP contribution in [-0.2, 0) is 6.54 Å². The highest BCUT2D eigenvalue weighted by atomic mass is 19.1. The van der Waals surface area contributed by atoms with Gasteiger partial charge >= 0.3 is 0 Å². The maximum absolute atomic E-state index is 13.2. The summed E-state index contributed by atoms with van der Waals surface area (Å²) in [5.41, 5.74) is 2.94. The van der Waals surface area contributed by atoms with Crippen molar-refractivity contribution in [2.75, 3.05) is 5.32 Å².